The first-order valence-electron chi connectivity index (χ1n) is 6.30. The molecule has 0 unspecified atom stereocenters. The summed E-state index contributed by atoms with van der Waals surface area (Å²) < 4.78 is 7.20. The Hall–Kier alpha value is -2.15. The van der Waals surface area contributed by atoms with Crippen LogP contribution in [-0.4, -0.2) is 40.1 Å². The van der Waals surface area contributed by atoms with Crippen LogP contribution in [0.5, 0.6) is 5.75 Å². The molecule has 7 heteroatoms. The van der Waals surface area contributed by atoms with Crippen molar-refractivity contribution in [3.05, 3.63) is 42.5 Å². The van der Waals surface area contributed by atoms with E-state index >= 15 is 0 Å². The van der Waals surface area contributed by atoms with Crippen LogP contribution in [0.4, 0.5) is 0 Å². The van der Waals surface area contributed by atoms with Gasteiger partial charge in [0.2, 0.25) is 5.84 Å². The van der Waals surface area contributed by atoms with Crippen LogP contribution < -0.4 is 4.74 Å². The number of rotatable bonds is 4. The molecule has 0 amide bonds. The molecule has 2 aromatic rings. The van der Waals surface area contributed by atoms with Crippen molar-refractivity contribution in [1.29, 1.82) is 0 Å². The van der Waals surface area contributed by atoms with Crippen molar-refractivity contribution in [2.24, 2.45) is 5.16 Å². The van der Waals surface area contributed by atoms with E-state index in [1.54, 1.807) is 0 Å². The molecule has 20 heavy (non-hydrogen) atoms. The van der Waals surface area contributed by atoms with Gasteiger partial charge in [-0.2, -0.15) is 9.78 Å². The van der Waals surface area contributed by atoms with Crippen molar-refractivity contribution in [1.82, 2.24) is 14.8 Å². The molecule has 0 saturated carbocycles. The summed E-state index contributed by atoms with van der Waals surface area (Å²) in [7, 11) is -1.28. The zero-order valence-corrected chi connectivity index (χ0v) is 12.8. The molecule has 0 spiro atoms. The van der Waals surface area contributed by atoms with Crippen LogP contribution in [0.15, 0.2) is 42.1 Å². The van der Waals surface area contributed by atoms with Gasteiger partial charge in [-0.05, 0) is 12.1 Å². The van der Waals surface area contributed by atoms with E-state index in [0.29, 0.717) is 11.4 Å². The molecule has 1 heterocycles. The fraction of sp³-hybridized carbons (Fsp3) is 0.308. The Balaban J connectivity index is 2.21. The van der Waals surface area contributed by atoms with Gasteiger partial charge in [-0.25, -0.2) is 4.98 Å². The third kappa shape index (κ3) is 3.67. The monoisotopic (exact) mass is 290 g/mol. The van der Waals surface area contributed by atoms with Gasteiger partial charge in [0.1, 0.15) is 18.4 Å². The van der Waals surface area contributed by atoms with Crippen LogP contribution in [0.2, 0.25) is 19.6 Å². The predicted octanol–water partition coefficient (Wildman–Crippen LogP) is 2.22. The maximum absolute atomic E-state index is 9.17. The van der Waals surface area contributed by atoms with E-state index in [1.165, 1.54) is 17.3 Å². The van der Waals surface area contributed by atoms with E-state index in [4.69, 9.17) is 9.94 Å². The average molecular weight is 290 g/mol. The summed E-state index contributed by atoms with van der Waals surface area (Å²) in [6.07, 6.45) is 3.60. The normalized spacial score (nSPS) is 12.4. The molecule has 0 aliphatic heterocycles. The second-order valence-electron chi connectivity index (χ2n) is 5.64. The molecule has 0 aliphatic rings. The highest BCUT2D eigenvalue weighted by molar-refractivity contribution is 6.76. The van der Waals surface area contributed by atoms with Crippen molar-refractivity contribution in [2.45, 2.75) is 19.6 Å². The number of ether oxygens (including phenoxy) is 1. The van der Waals surface area contributed by atoms with Gasteiger partial charge in [-0.15, -0.1) is 0 Å². The van der Waals surface area contributed by atoms with E-state index in [2.05, 4.69) is 34.9 Å². The molecule has 0 bridgehead atoms. The van der Waals surface area contributed by atoms with E-state index in [0.717, 1.165) is 12.0 Å². The summed E-state index contributed by atoms with van der Waals surface area (Å²) >= 11 is 0. The van der Waals surface area contributed by atoms with Crippen molar-refractivity contribution in [2.75, 3.05) is 6.23 Å². The maximum Gasteiger partial charge on any atom is 0.201 e. The molecule has 0 radical (unpaired) electrons. The lowest BCUT2D eigenvalue weighted by atomic mass is 10.2. The molecule has 0 fully saturated rings. The van der Waals surface area contributed by atoms with Crippen LogP contribution >= 0.6 is 0 Å². The van der Waals surface area contributed by atoms with Crippen LogP contribution in [0.3, 0.4) is 0 Å². The molecule has 2 rings (SSSR count). The number of hydrogen-bond donors (Lipinski definition) is 1. The lowest BCUT2D eigenvalue weighted by molar-refractivity contribution is 0.316. The lowest BCUT2D eigenvalue weighted by Gasteiger charge is -2.17. The third-order valence-electron chi connectivity index (χ3n) is 2.49. The minimum atomic E-state index is -1.28. The number of aromatic nitrogens is 3. The Kier molecular flexibility index (Phi) is 4.19. The molecule has 0 saturated heterocycles. The topological polar surface area (TPSA) is 72.5 Å². The minimum absolute atomic E-state index is 0.306. The number of nitrogens with zero attached hydrogens (tertiary/aromatic N) is 4. The molecule has 106 valence electrons. The predicted molar refractivity (Wildman–Crippen MR) is 79.0 cm³/mol. The van der Waals surface area contributed by atoms with Crippen LogP contribution in [0.1, 0.15) is 5.56 Å². The summed E-state index contributed by atoms with van der Waals surface area (Å²) in [6.45, 7) is 6.73. The van der Waals surface area contributed by atoms with Gasteiger partial charge in [-0.3, -0.25) is 0 Å². The van der Waals surface area contributed by atoms with Gasteiger partial charge in [-0.1, -0.05) is 36.9 Å². The Morgan fingerprint density at radius 1 is 1.40 bits per heavy atom. The van der Waals surface area contributed by atoms with Gasteiger partial charge >= 0.3 is 0 Å². The Labute approximate surface area is 118 Å². The fourth-order valence-corrected chi connectivity index (χ4v) is 2.18. The standard InChI is InChI=1S/C13H18N4O2Si/c1-20(2,3)10-19-12-6-4-5-11(7-12)13(16-18)17-9-14-8-15-17/h4-9,18H,10H2,1-3H3/b16-13+. The van der Waals surface area contributed by atoms with Crippen LogP contribution in [-0.2, 0) is 0 Å². The molecule has 1 N–H and O–H groups in total. The second kappa shape index (κ2) is 5.87. The average Bonchev–Trinajstić information content (AvgIpc) is 2.91. The summed E-state index contributed by atoms with van der Waals surface area (Å²) in [5.41, 5.74) is 0.714. The van der Waals surface area contributed by atoms with Crippen molar-refractivity contribution in [3.8, 4) is 5.75 Å². The maximum atomic E-state index is 9.17. The minimum Gasteiger partial charge on any atom is -0.497 e. The second-order valence-corrected chi connectivity index (χ2v) is 11.1. The Morgan fingerprint density at radius 2 is 2.20 bits per heavy atom. The first kappa shape index (κ1) is 14.3. The largest absolute Gasteiger partial charge is 0.497 e. The fourth-order valence-electron chi connectivity index (χ4n) is 1.58. The van der Waals surface area contributed by atoms with Crippen LogP contribution in [0.25, 0.3) is 0 Å². The summed E-state index contributed by atoms with van der Waals surface area (Å²) in [5.74, 6) is 1.06. The van der Waals surface area contributed by atoms with Gasteiger partial charge in [0.05, 0.1) is 14.3 Å². The quantitative estimate of drug-likeness (QED) is 0.308. The summed E-state index contributed by atoms with van der Waals surface area (Å²) in [5, 5.41) is 16.4. The van der Waals surface area contributed by atoms with Gasteiger partial charge in [0.25, 0.3) is 0 Å². The Morgan fingerprint density at radius 3 is 2.80 bits per heavy atom. The number of hydrogen-bond acceptors (Lipinski definition) is 5. The molecular formula is C13H18N4O2Si. The highest BCUT2D eigenvalue weighted by Gasteiger charge is 2.15. The van der Waals surface area contributed by atoms with E-state index in [9.17, 15) is 0 Å². The molecular weight excluding hydrogens is 272 g/mol. The SMILES string of the molecule is C[Si](C)(C)COc1cccc(/C(=N\O)n2cncn2)c1. The van der Waals surface area contributed by atoms with Gasteiger partial charge in [0, 0.05) is 5.56 Å². The molecule has 1 aromatic heterocycles. The van der Waals surface area contributed by atoms with Crippen molar-refractivity contribution < 1.29 is 9.94 Å². The first-order chi connectivity index (χ1) is 9.49. The van der Waals surface area contributed by atoms with Crippen LogP contribution in [0, 0.1) is 0 Å². The zero-order chi connectivity index (χ0) is 14.6. The van der Waals surface area contributed by atoms with E-state index in [1.807, 2.05) is 24.3 Å². The van der Waals surface area contributed by atoms with Gasteiger partial charge < -0.3 is 9.94 Å². The third-order valence-corrected chi connectivity index (χ3v) is 3.50. The Bertz CT molecular complexity index is 591. The summed E-state index contributed by atoms with van der Waals surface area (Å²) in [4.78, 5) is 3.84. The molecule has 0 aliphatic carbocycles. The molecule has 1 aromatic carbocycles. The highest BCUT2D eigenvalue weighted by Crippen LogP contribution is 2.16. The zero-order valence-electron chi connectivity index (χ0n) is 11.8. The lowest BCUT2D eigenvalue weighted by Crippen LogP contribution is -2.30. The van der Waals surface area contributed by atoms with Crippen molar-refractivity contribution in [3.63, 3.8) is 0 Å². The molecule has 0 atom stereocenters. The number of oxime groups is 1. The first-order valence-corrected chi connectivity index (χ1v) is 10.0. The van der Waals surface area contributed by atoms with Crippen molar-refractivity contribution >= 4 is 13.9 Å². The smallest absolute Gasteiger partial charge is 0.201 e. The van der Waals surface area contributed by atoms with E-state index < -0.39 is 8.07 Å². The van der Waals surface area contributed by atoms with Gasteiger partial charge in [0.15, 0.2) is 0 Å². The highest BCUT2D eigenvalue weighted by atomic mass is 28.3. The number of benzene rings is 1. The molecule has 6 nitrogen and oxygen atoms in total. The summed E-state index contributed by atoms with van der Waals surface area (Å²) in [6, 6.07) is 7.41. The van der Waals surface area contributed by atoms with E-state index in [-0.39, 0.29) is 0 Å².